The van der Waals surface area contributed by atoms with Crippen molar-refractivity contribution in [3.63, 3.8) is 0 Å². The summed E-state index contributed by atoms with van der Waals surface area (Å²) in [6.45, 7) is 2.04. The van der Waals surface area contributed by atoms with E-state index >= 15 is 0 Å². The van der Waals surface area contributed by atoms with Crippen LogP contribution in [0, 0.1) is 11.3 Å². The molecule has 2 rings (SSSR count). The maximum atomic E-state index is 9.01. The van der Waals surface area contributed by atoms with Gasteiger partial charge in [0, 0.05) is 11.6 Å². The van der Waals surface area contributed by atoms with E-state index in [0.717, 1.165) is 28.6 Å². The largest absolute Gasteiger partial charge is 0.494 e. The fourth-order valence-corrected chi connectivity index (χ4v) is 1.89. The minimum atomic E-state index is 0.642. The van der Waals surface area contributed by atoms with Gasteiger partial charge in [0.15, 0.2) is 0 Å². The SMILES string of the molecule is CCc1c(C#N)cnc2c(OC)cccc12. The lowest BCUT2D eigenvalue weighted by atomic mass is 10.0. The number of nitriles is 1. The first-order chi connectivity index (χ1) is 7.81. The molecular formula is C13H12N2O. The van der Waals surface area contributed by atoms with Crippen LogP contribution in [0.4, 0.5) is 0 Å². The fourth-order valence-electron chi connectivity index (χ4n) is 1.89. The third-order valence-electron chi connectivity index (χ3n) is 2.67. The number of para-hydroxylation sites is 1. The van der Waals surface area contributed by atoms with Gasteiger partial charge in [0.1, 0.15) is 17.3 Å². The number of hydrogen-bond donors (Lipinski definition) is 0. The first-order valence-corrected chi connectivity index (χ1v) is 5.16. The number of aromatic nitrogens is 1. The van der Waals surface area contributed by atoms with Crippen LogP contribution < -0.4 is 4.74 Å². The Hall–Kier alpha value is -2.08. The Labute approximate surface area is 94.3 Å². The number of aryl methyl sites for hydroxylation is 1. The Bertz CT molecular complexity index is 570. The summed E-state index contributed by atoms with van der Waals surface area (Å²) in [5.41, 5.74) is 2.50. The van der Waals surface area contributed by atoms with E-state index in [1.165, 1.54) is 0 Å². The summed E-state index contributed by atoms with van der Waals surface area (Å²) in [4.78, 5) is 4.28. The van der Waals surface area contributed by atoms with Gasteiger partial charge >= 0.3 is 0 Å². The van der Waals surface area contributed by atoms with E-state index in [9.17, 15) is 0 Å². The van der Waals surface area contributed by atoms with Gasteiger partial charge in [0.25, 0.3) is 0 Å². The second kappa shape index (κ2) is 4.19. The van der Waals surface area contributed by atoms with E-state index in [-0.39, 0.29) is 0 Å². The number of pyridine rings is 1. The molecule has 0 fully saturated rings. The number of methoxy groups -OCH3 is 1. The molecule has 0 spiro atoms. The molecule has 3 heteroatoms. The van der Waals surface area contributed by atoms with Crippen molar-refractivity contribution >= 4 is 10.9 Å². The van der Waals surface area contributed by atoms with E-state index in [0.29, 0.717) is 5.56 Å². The monoisotopic (exact) mass is 212 g/mol. The highest BCUT2D eigenvalue weighted by Crippen LogP contribution is 2.27. The Morgan fingerprint density at radius 1 is 1.44 bits per heavy atom. The van der Waals surface area contributed by atoms with Crippen molar-refractivity contribution in [1.82, 2.24) is 4.98 Å². The first-order valence-electron chi connectivity index (χ1n) is 5.16. The zero-order valence-electron chi connectivity index (χ0n) is 9.32. The van der Waals surface area contributed by atoms with Gasteiger partial charge in [-0.15, -0.1) is 0 Å². The van der Waals surface area contributed by atoms with Crippen molar-refractivity contribution < 1.29 is 4.74 Å². The number of hydrogen-bond acceptors (Lipinski definition) is 3. The highest BCUT2D eigenvalue weighted by Gasteiger charge is 2.09. The van der Waals surface area contributed by atoms with Crippen LogP contribution in [0.15, 0.2) is 24.4 Å². The summed E-state index contributed by atoms with van der Waals surface area (Å²) in [5.74, 6) is 0.747. The van der Waals surface area contributed by atoms with Crippen LogP contribution in [-0.4, -0.2) is 12.1 Å². The van der Waals surface area contributed by atoms with Crippen LogP contribution >= 0.6 is 0 Å². The Morgan fingerprint density at radius 3 is 2.88 bits per heavy atom. The molecule has 2 aromatic rings. The molecule has 0 N–H and O–H groups in total. The van der Waals surface area contributed by atoms with Gasteiger partial charge in [-0.1, -0.05) is 19.1 Å². The van der Waals surface area contributed by atoms with Crippen molar-refractivity contribution in [2.75, 3.05) is 7.11 Å². The molecule has 0 saturated carbocycles. The zero-order chi connectivity index (χ0) is 11.5. The van der Waals surface area contributed by atoms with Crippen LogP contribution in [0.25, 0.3) is 10.9 Å². The number of ether oxygens (including phenoxy) is 1. The maximum absolute atomic E-state index is 9.01. The van der Waals surface area contributed by atoms with Gasteiger partial charge < -0.3 is 4.74 Å². The van der Waals surface area contributed by atoms with E-state index in [1.54, 1.807) is 13.3 Å². The predicted molar refractivity (Wildman–Crippen MR) is 62.4 cm³/mol. The molecule has 1 heterocycles. The molecule has 0 saturated heterocycles. The smallest absolute Gasteiger partial charge is 0.145 e. The van der Waals surface area contributed by atoms with E-state index in [2.05, 4.69) is 11.1 Å². The summed E-state index contributed by atoms with van der Waals surface area (Å²) in [5, 5.41) is 10.0. The Morgan fingerprint density at radius 2 is 2.25 bits per heavy atom. The Kier molecular flexibility index (Phi) is 2.74. The fraction of sp³-hybridized carbons (Fsp3) is 0.231. The van der Waals surface area contributed by atoms with Crippen molar-refractivity contribution in [2.24, 2.45) is 0 Å². The molecule has 0 aliphatic carbocycles. The molecular weight excluding hydrogens is 200 g/mol. The van der Waals surface area contributed by atoms with E-state index in [4.69, 9.17) is 10.00 Å². The third kappa shape index (κ3) is 1.49. The average Bonchev–Trinajstić information content (AvgIpc) is 2.36. The molecule has 0 atom stereocenters. The summed E-state index contributed by atoms with van der Waals surface area (Å²) in [6, 6.07) is 7.95. The molecule has 1 aromatic carbocycles. The normalized spacial score (nSPS) is 10.1. The minimum Gasteiger partial charge on any atom is -0.494 e. The molecule has 0 aliphatic heterocycles. The molecule has 1 aromatic heterocycles. The van der Waals surface area contributed by atoms with Gasteiger partial charge in [-0.05, 0) is 18.1 Å². The van der Waals surface area contributed by atoms with Crippen molar-refractivity contribution in [1.29, 1.82) is 5.26 Å². The molecule has 0 radical (unpaired) electrons. The number of fused-ring (bicyclic) bond motifs is 1. The van der Waals surface area contributed by atoms with Crippen molar-refractivity contribution in [3.05, 3.63) is 35.5 Å². The molecule has 80 valence electrons. The van der Waals surface area contributed by atoms with E-state index in [1.807, 2.05) is 25.1 Å². The van der Waals surface area contributed by atoms with Gasteiger partial charge in [0.05, 0.1) is 12.7 Å². The molecule has 3 nitrogen and oxygen atoms in total. The molecule has 0 bridgehead atoms. The number of rotatable bonds is 2. The predicted octanol–water partition coefficient (Wildman–Crippen LogP) is 2.68. The number of nitrogens with zero attached hydrogens (tertiary/aromatic N) is 2. The van der Waals surface area contributed by atoms with Crippen molar-refractivity contribution in [2.45, 2.75) is 13.3 Å². The second-order valence-electron chi connectivity index (χ2n) is 3.47. The van der Waals surface area contributed by atoms with Crippen LogP contribution in [0.5, 0.6) is 5.75 Å². The molecule has 0 aliphatic rings. The lowest BCUT2D eigenvalue weighted by Gasteiger charge is -2.08. The molecule has 0 amide bonds. The van der Waals surface area contributed by atoms with Crippen LogP contribution in [-0.2, 0) is 6.42 Å². The number of benzene rings is 1. The molecule has 0 unspecified atom stereocenters. The molecule has 16 heavy (non-hydrogen) atoms. The van der Waals surface area contributed by atoms with Gasteiger partial charge in [-0.25, -0.2) is 0 Å². The van der Waals surface area contributed by atoms with E-state index < -0.39 is 0 Å². The summed E-state index contributed by atoms with van der Waals surface area (Å²) >= 11 is 0. The topological polar surface area (TPSA) is 45.9 Å². The highest BCUT2D eigenvalue weighted by molar-refractivity contribution is 5.88. The maximum Gasteiger partial charge on any atom is 0.145 e. The van der Waals surface area contributed by atoms with Crippen LogP contribution in [0.3, 0.4) is 0 Å². The summed E-state index contributed by atoms with van der Waals surface area (Å²) in [7, 11) is 1.63. The van der Waals surface area contributed by atoms with Gasteiger partial charge in [-0.3, -0.25) is 4.98 Å². The zero-order valence-corrected chi connectivity index (χ0v) is 9.32. The second-order valence-corrected chi connectivity index (χ2v) is 3.47. The van der Waals surface area contributed by atoms with Gasteiger partial charge in [0.2, 0.25) is 0 Å². The van der Waals surface area contributed by atoms with Crippen LogP contribution in [0.1, 0.15) is 18.1 Å². The summed E-state index contributed by atoms with van der Waals surface area (Å²) in [6.07, 6.45) is 2.43. The minimum absolute atomic E-state index is 0.642. The lowest BCUT2D eigenvalue weighted by molar-refractivity contribution is 0.419. The Balaban J connectivity index is 2.85. The average molecular weight is 212 g/mol. The summed E-state index contributed by atoms with van der Waals surface area (Å²) < 4.78 is 5.26. The van der Waals surface area contributed by atoms with Gasteiger partial charge in [-0.2, -0.15) is 5.26 Å². The van der Waals surface area contributed by atoms with Crippen LogP contribution in [0.2, 0.25) is 0 Å². The van der Waals surface area contributed by atoms with Crippen molar-refractivity contribution in [3.8, 4) is 11.8 Å². The highest BCUT2D eigenvalue weighted by atomic mass is 16.5. The first kappa shape index (κ1) is 10.4. The lowest BCUT2D eigenvalue weighted by Crippen LogP contribution is -1.94. The third-order valence-corrected chi connectivity index (χ3v) is 2.67. The standard InChI is InChI=1S/C13H12N2O/c1-3-10-9(7-14)8-15-13-11(10)5-4-6-12(13)16-2/h4-6,8H,3H2,1-2H3. The quantitative estimate of drug-likeness (QED) is 0.768.